The van der Waals surface area contributed by atoms with E-state index in [9.17, 15) is 28.8 Å². The van der Waals surface area contributed by atoms with Crippen LogP contribution in [0.15, 0.2) is 118 Å². The van der Waals surface area contributed by atoms with E-state index in [1.807, 2.05) is 12.1 Å². The van der Waals surface area contributed by atoms with Gasteiger partial charge in [0.25, 0.3) is 23.6 Å². The van der Waals surface area contributed by atoms with Crippen molar-refractivity contribution in [2.24, 2.45) is 20.5 Å². The molecule has 5 aromatic rings. The van der Waals surface area contributed by atoms with Gasteiger partial charge in [-0.3, -0.25) is 28.8 Å². The zero-order valence-electron chi connectivity index (χ0n) is 35.0. The van der Waals surface area contributed by atoms with Gasteiger partial charge in [0.05, 0.1) is 32.5 Å². The molecule has 0 aromatic heterocycles. The highest BCUT2D eigenvalue weighted by Crippen LogP contribution is 2.28. The number of alkyl halides is 2. The molecule has 0 spiro atoms. The lowest BCUT2D eigenvalue weighted by atomic mass is 10.1. The Morgan fingerprint density at radius 2 is 0.922 bits per heavy atom. The highest BCUT2D eigenvalue weighted by atomic mass is 35.5. The number of halogens is 4. The predicted molar refractivity (Wildman–Crippen MR) is 252 cm³/mol. The normalized spacial score (nSPS) is 12.1. The van der Waals surface area contributed by atoms with Gasteiger partial charge in [-0.15, -0.1) is 23.2 Å². The fraction of sp³-hybridized carbons (Fsp3) is 0.217. The van der Waals surface area contributed by atoms with Gasteiger partial charge < -0.3 is 21.3 Å². The van der Waals surface area contributed by atoms with Gasteiger partial charge in [0.2, 0.25) is 12.1 Å². The van der Waals surface area contributed by atoms with E-state index in [0.29, 0.717) is 58.5 Å². The van der Waals surface area contributed by atoms with Crippen molar-refractivity contribution in [2.75, 3.05) is 33.0 Å². The molecule has 0 aliphatic carbocycles. The van der Waals surface area contributed by atoms with Crippen molar-refractivity contribution in [1.29, 1.82) is 0 Å². The molecular formula is C46H42Cl4N8O6. The van der Waals surface area contributed by atoms with Crippen molar-refractivity contribution in [3.05, 3.63) is 140 Å². The third kappa shape index (κ3) is 13.3. The lowest BCUT2D eigenvalue weighted by molar-refractivity contribution is -0.127. The van der Waals surface area contributed by atoms with Crippen molar-refractivity contribution in [3.63, 3.8) is 0 Å². The standard InChI is InChI=1S/C46H42Cl4N8O6/c1-25-19-40(54-46(64)42(28(4)60)58-56-34-12-14-38(50)36(24-34)44(62)52-32-10-6-8-30(22-32)16-18-48)26(2)20-39(25)53-45(63)41(27(3)59)57-55-33-11-13-37(49)35(23-33)43(61)51-31-9-5-7-29(21-31)15-17-47/h5-14,19-24,41-42H,15-18H2,1-4H3,(H,51,61)(H,52,62)(H,53,63)(H,54,64). The average Bonchev–Trinajstić information content (AvgIpc) is 3.24. The summed E-state index contributed by atoms with van der Waals surface area (Å²) in [5.74, 6) is -2.93. The molecule has 0 aliphatic heterocycles. The number of anilines is 4. The number of ketones is 2. The van der Waals surface area contributed by atoms with Gasteiger partial charge in [-0.25, -0.2) is 0 Å². The molecule has 2 atom stereocenters. The molecule has 5 rings (SSSR count). The number of Topliss-reactive ketones (excluding diaryl/α,β-unsaturated/α-hetero) is 2. The van der Waals surface area contributed by atoms with E-state index in [1.54, 1.807) is 62.4 Å². The minimum absolute atomic E-state index is 0.0964. The molecule has 4 amide bonds. The Kier molecular flexibility index (Phi) is 17.4. The number of nitrogens with one attached hydrogen (secondary N) is 4. The largest absolute Gasteiger partial charge is 0.324 e. The Labute approximate surface area is 389 Å². The summed E-state index contributed by atoms with van der Waals surface area (Å²) < 4.78 is 0. The first-order valence-electron chi connectivity index (χ1n) is 19.6. The average molecular weight is 945 g/mol. The number of hydrogen-bond acceptors (Lipinski definition) is 10. The van der Waals surface area contributed by atoms with Crippen LogP contribution in [0.1, 0.15) is 56.8 Å². The van der Waals surface area contributed by atoms with Crippen LogP contribution in [0.25, 0.3) is 0 Å². The second kappa shape index (κ2) is 22.9. The molecule has 0 saturated heterocycles. The number of rotatable bonds is 18. The Hall–Kier alpha value is -6.32. The minimum atomic E-state index is -1.55. The van der Waals surface area contributed by atoms with Crippen molar-refractivity contribution in [1.82, 2.24) is 0 Å². The Bertz CT molecular complexity index is 2490. The number of amides is 4. The summed E-state index contributed by atoms with van der Waals surface area (Å²) in [5.41, 5.74) is 5.12. The van der Waals surface area contributed by atoms with Gasteiger partial charge in [-0.05, 0) is 136 Å². The topological polar surface area (TPSA) is 200 Å². The first-order valence-corrected chi connectivity index (χ1v) is 21.5. The monoisotopic (exact) mass is 942 g/mol. The summed E-state index contributed by atoms with van der Waals surface area (Å²) in [6.45, 7) is 5.71. The second-order valence-electron chi connectivity index (χ2n) is 14.4. The van der Waals surface area contributed by atoms with Gasteiger partial charge in [0.15, 0.2) is 11.6 Å². The van der Waals surface area contributed by atoms with E-state index >= 15 is 0 Å². The van der Waals surface area contributed by atoms with E-state index in [-0.39, 0.29) is 32.5 Å². The maximum Gasteiger partial charge on any atom is 0.258 e. The van der Waals surface area contributed by atoms with E-state index in [0.717, 1.165) is 11.1 Å². The van der Waals surface area contributed by atoms with E-state index in [4.69, 9.17) is 46.4 Å². The summed E-state index contributed by atoms with van der Waals surface area (Å²) in [7, 11) is 0. The number of hydrogen-bond donors (Lipinski definition) is 4. The molecule has 0 saturated carbocycles. The van der Waals surface area contributed by atoms with Gasteiger partial charge in [0, 0.05) is 34.5 Å². The zero-order valence-corrected chi connectivity index (χ0v) is 38.0. The van der Waals surface area contributed by atoms with Crippen LogP contribution in [0.2, 0.25) is 10.0 Å². The van der Waals surface area contributed by atoms with Crippen molar-refractivity contribution in [3.8, 4) is 0 Å². The molecule has 14 nitrogen and oxygen atoms in total. The lowest BCUT2D eigenvalue weighted by Gasteiger charge is -2.16. The molecule has 2 unspecified atom stereocenters. The fourth-order valence-corrected chi connectivity index (χ4v) is 6.94. The quantitative estimate of drug-likeness (QED) is 0.0382. The third-order valence-electron chi connectivity index (χ3n) is 9.46. The van der Waals surface area contributed by atoms with Gasteiger partial charge in [0.1, 0.15) is 0 Å². The Balaban J connectivity index is 1.25. The van der Waals surface area contributed by atoms with Crippen LogP contribution in [0.4, 0.5) is 34.1 Å². The van der Waals surface area contributed by atoms with Crippen LogP contribution in [-0.4, -0.2) is 59.0 Å². The van der Waals surface area contributed by atoms with Crippen molar-refractivity contribution < 1.29 is 28.8 Å². The van der Waals surface area contributed by atoms with Crippen LogP contribution in [0, 0.1) is 13.8 Å². The molecule has 0 radical (unpaired) electrons. The van der Waals surface area contributed by atoms with Crippen LogP contribution in [0.5, 0.6) is 0 Å². The molecule has 0 heterocycles. The van der Waals surface area contributed by atoms with Crippen LogP contribution < -0.4 is 21.3 Å². The molecule has 5 aromatic carbocycles. The number of nitrogens with zero attached hydrogens (tertiary/aromatic N) is 4. The maximum absolute atomic E-state index is 13.4. The molecule has 330 valence electrons. The molecule has 4 N–H and O–H groups in total. The van der Waals surface area contributed by atoms with Gasteiger partial charge in [-0.2, -0.15) is 20.5 Å². The highest BCUT2D eigenvalue weighted by molar-refractivity contribution is 6.35. The Morgan fingerprint density at radius 3 is 1.28 bits per heavy atom. The molecule has 18 heteroatoms. The summed E-state index contributed by atoms with van der Waals surface area (Å²) >= 11 is 24.4. The van der Waals surface area contributed by atoms with Crippen LogP contribution in [0.3, 0.4) is 0 Å². The smallest absolute Gasteiger partial charge is 0.258 e. The molecule has 64 heavy (non-hydrogen) atoms. The molecule has 0 bridgehead atoms. The number of carbonyl (C=O) groups is 6. The van der Waals surface area contributed by atoms with Crippen molar-refractivity contribution >= 4 is 116 Å². The zero-order chi connectivity index (χ0) is 46.5. The highest BCUT2D eigenvalue weighted by Gasteiger charge is 2.26. The van der Waals surface area contributed by atoms with Crippen LogP contribution in [-0.2, 0) is 32.0 Å². The number of benzene rings is 5. The first-order chi connectivity index (χ1) is 30.6. The number of carbonyl (C=O) groups excluding carboxylic acids is 6. The van der Waals surface area contributed by atoms with E-state index in [2.05, 4.69) is 41.7 Å². The van der Waals surface area contributed by atoms with Gasteiger partial charge in [-0.1, -0.05) is 47.5 Å². The SMILES string of the molecule is CC(=O)C(N=Nc1ccc(Cl)c(C(=O)Nc2cccc(CCCl)c2)c1)C(=O)Nc1cc(C)c(NC(=O)C(N=Nc2ccc(Cl)c(C(=O)Nc3cccc(CCCl)c3)c2)C(C)=O)cc1C. The molecule has 0 fully saturated rings. The van der Waals surface area contributed by atoms with Gasteiger partial charge >= 0.3 is 0 Å². The van der Waals surface area contributed by atoms with E-state index < -0.39 is 47.3 Å². The maximum atomic E-state index is 13.4. The lowest BCUT2D eigenvalue weighted by Crippen LogP contribution is -2.32. The summed E-state index contributed by atoms with van der Waals surface area (Å²) in [5, 5.41) is 27.4. The minimum Gasteiger partial charge on any atom is -0.324 e. The number of azo groups is 2. The number of aryl methyl sites for hydroxylation is 4. The molecule has 0 aliphatic rings. The van der Waals surface area contributed by atoms with E-state index in [1.165, 1.54) is 50.2 Å². The first kappa shape index (κ1) is 48.7. The van der Waals surface area contributed by atoms with Crippen LogP contribution >= 0.6 is 46.4 Å². The summed E-state index contributed by atoms with van der Waals surface area (Å²) in [6.07, 6.45) is 1.25. The fourth-order valence-electron chi connectivity index (χ4n) is 6.10. The molecular weight excluding hydrogens is 902 g/mol. The summed E-state index contributed by atoms with van der Waals surface area (Å²) in [6, 6.07) is 23.1. The summed E-state index contributed by atoms with van der Waals surface area (Å²) in [4.78, 5) is 78.3. The predicted octanol–water partition coefficient (Wildman–Crippen LogP) is 11.0. The van der Waals surface area contributed by atoms with Crippen molar-refractivity contribution in [2.45, 2.75) is 52.6 Å². The third-order valence-corrected chi connectivity index (χ3v) is 10.5. The Morgan fingerprint density at radius 1 is 0.531 bits per heavy atom. The second-order valence-corrected chi connectivity index (χ2v) is 16.0.